The first-order chi connectivity index (χ1) is 11.7. The molecule has 2 saturated heterocycles. The van der Waals surface area contributed by atoms with Crippen LogP contribution in [0.15, 0.2) is 4.99 Å². The number of aliphatic hydroxyl groups is 1. The first-order valence-corrected chi connectivity index (χ1v) is 9.64. The van der Waals surface area contributed by atoms with Gasteiger partial charge in [0, 0.05) is 44.3 Å². The molecule has 0 bridgehead atoms. The van der Waals surface area contributed by atoms with Gasteiger partial charge in [-0.15, -0.1) is 24.0 Å². The van der Waals surface area contributed by atoms with E-state index in [0.717, 1.165) is 45.0 Å². The second-order valence-electron chi connectivity index (χ2n) is 7.28. The molecule has 2 aliphatic heterocycles. The van der Waals surface area contributed by atoms with E-state index in [0.29, 0.717) is 19.2 Å². The van der Waals surface area contributed by atoms with Crippen LogP contribution in [0.25, 0.3) is 0 Å². The fraction of sp³-hybridized carbons (Fsp3) is 0.944. The molecular formula is C18H37IN4O2. The summed E-state index contributed by atoms with van der Waals surface area (Å²) in [7, 11) is 0. The van der Waals surface area contributed by atoms with Gasteiger partial charge >= 0.3 is 0 Å². The van der Waals surface area contributed by atoms with Crippen LogP contribution in [0.5, 0.6) is 0 Å². The van der Waals surface area contributed by atoms with Crippen molar-refractivity contribution in [1.29, 1.82) is 0 Å². The van der Waals surface area contributed by atoms with Crippen LogP contribution in [-0.2, 0) is 4.74 Å². The molecule has 0 saturated carbocycles. The number of ether oxygens (including phenoxy) is 1. The molecule has 0 aliphatic carbocycles. The zero-order valence-corrected chi connectivity index (χ0v) is 18.3. The molecule has 25 heavy (non-hydrogen) atoms. The second-order valence-corrected chi connectivity index (χ2v) is 7.28. The molecule has 0 radical (unpaired) electrons. The molecule has 6 nitrogen and oxygen atoms in total. The average molecular weight is 468 g/mol. The summed E-state index contributed by atoms with van der Waals surface area (Å²) < 4.78 is 5.55. The summed E-state index contributed by atoms with van der Waals surface area (Å²) in [6.45, 7) is 10.9. The molecular weight excluding hydrogens is 431 g/mol. The third-order valence-corrected chi connectivity index (χ3v) is 5.38. The molecule has 2 fully saturated rings. The number of guanidine groups is 1. The van der Waals surface area contributed by atoms with Gasteiger partial charge in [-0.25, -0.2) is 0 Å². The Morgan fingerprint density at radius 1 is 1.36 bits per heavy atom. The summed E-state index contributed by atoms with van der Waals surface area (Å²) in [6, 6.07) is 0.698. The van der Waals surface area contributed by atoms with Crippen LogP contribution in [-0.4, -0.2) is 74.6 Å². The highest BCUT2D eigenvalue weighted by molar-refractivity contribution is 14.0. The maximum atomic E-state index is 9.33. The lowest BCUT2D eigenvalue weighted by molar-refractivity contribution is 0.131. The van der Waals surface area contributed by atoms with Crippen LogP contribution in [0.3, 0.4) is 0 Å². The molecule has 0 aromatic heterocycles. The van der Waals surface area contributed by atoms with Crippen LogP contribution < -0.4 is 10.6 Å². The third kappa shape index (κ3) is 7.56. The quantitative estimate of drug-likeness (QED) is 0.288. The van der Waals surface area contributed by atoms with Crippen LogP contribution in [0.4, 0.5) is 0 Å². The number of nitrogens with zero attached hydrogens (tertiary/aromatic N) is 2. The van der Waals surface area contributed by atoms with Crippen LogP contribution in [0, 0.1) is 5.41 Å². The van der Waals surface area contributed by atoms with E-state index in [1.54, 1.807) is 0 Å². The number of aliphatic hydroxyl groups excluding tert-OH is 1. The first kappa shape index (κ1) is 22.9. The van der Waals surface area contributed by atoms with Gasteiger partial charge < -0.3 is 20.5 Å². The van der Waals surface area contributed by atoms with E-state index < -0.39 is 0 Å². The molecule has 0 aromatic carbocycles. The number of hydrogen-bond donors (Lipinski definition) is 3. The minimum Gasteiger partial charge on any atom is -0.396 e. The number of piperidine rings is 1. The van der Waals surface area contributed by atoms with Gasteiger partial charge in [-0.05, 0) is 46.1 Å². The van der Waals surface area contributed by atoms with Gasteiger partial charge in [0.1, 0.15) is 0 Å². The summed E-state index contributed by atoms with van der Waals surface area (Å²) in [5.74, 6) is 0.881. The van der Waals surface area contributed by atoms with Gasteiger partial charge in [0.2, 0.25) is 0 Å². The van der Waals surface area contributed by atoms with Gasteiger partial charge in [-0.2, -0.15) is 0 Å². The Morgan fingerprint density at radius 3 is 2.84 bits per heavy atom. The molecule has 2 atom stereocenters. The van der Waals surface area contributed by atoms with Gasteiger partial charge in [0.05, 0.1) is 13.2 Å². The van der Waals surface area contributed by atoms with Crippen molar-refractivity contribution in [1.82, 2.24) is 15.5 Å². The van der Waals surface area contributed by atoms with Crippen molar-refractivity contribution in [2.75, 3.05) is 52.5 Å². The highest BCUT2D eigenvalue weighted by atomic mass is 127. The lowest BCUT2D eigenvalue weighted by Crippen LogP contribution is -2.45. The second kappa shape index (κ2) is 12.3. The molecule has 7 heteroatoms. The van der Waals surface area contributed by atoms with E-state index in [2.05, 4.69) is 29.4 Å². The van der Waals surface area contributed by atoms with Crippen molar-refractivity contribution in [3.8, 4) is 0 Å². The van der Waals surface area contributed by atoms with Gasteiger partial charge in [-0.3, -0.25) is 9.89 Å². The SMILES string of the molecule is CCNC(=NCC1(CCO)CCOC1)NCCN1CCCCC1C.I. The maximum absolute atomic E-state index is 9.33. The molecule has 0 amide bonds. The van der Waals surface area contributed by atoms with Crippen molar-refractivity contribution < 1.29 is 9.84 Å². The maximum Gasteiger partial charge on any atom is 0.191 e. The Morgan fingerprint density at radius 2 is 2.20 bits per heavy atom. The van der Waals surface area contributed by atoms with E-state index in [4.69, 9.17) is 9.73 Å². The van der Waals surface area contributed by atoms with Crippen LogP contribution >= 0.6 is 24.0 Å². The predicted octanol–water partition coefficient (Wildman–Crippen LogP) is 1.82. The monoisotopic (exact) mass is 468 g/mol. The number of halogens is 1. The smallest absolute Gasteiger partial charge is 0.191 e. The zero-order chi connectivity index (χ0) is 17.3. The predicted molar refractivity (Wildman–Crippen MR) is 114 cm³/mol. The number of rotatable bonds is 8. The molecule has 3 N–H and O–H groups in total. The number of nitrogens with one attached hydrogen (secondary N) is 2. The minimum atomic E-state index is 0. The number of hydrogen-bond acceptors (Lipinski definition) is 4. The van der Waals surface area contributed by atoms with E-state index in [-0.39, 0.29) is 36.0 Å². The summed E-state index contributed by atoms with van der Waals surface area (Å²) >= 11 is 0. The average Bonchev–Trinajstić information content (AvgIpc) is 3.04. The van der Waals surface area contributed by atoms with Gasteiger partial charge in [0.15, 0.2) is 5.96 Å². The zero-order valence-electron chi connectivity index (χ0n) is 15.9. The Labute approximate surface area is 170 Å². The van der Waals surface area contributed by atoms with Crippen molar-refractivity contribution in [3.63, 3.8) is 0 Å². The van der Waals surface area contributed by atoms with E-state index in [1.807, 2.05) is 0 Å². The standard InChI is InChI=1S/C18H36N4O2.HI/c1-3-19-17(20-9-11-22-10-5-4-6-16(22)2)21-14-18(7-12-23)8-13-24-15-18;/h16,23H,3-15H2,1-2H3,(H2,19,20,21);1H. The third-order valence-electron chi connectivity index (χ3n) is 5.38. The van der Waals surface area contributed by atoms with Crippen LogP contribution in [0.1, 0.15) is 46.0 Å². The summed E-state index contributed by atoms with van der Waals surface area (Å²) in [6.07, 6.45) is 5.76. The lowest BCUT2D eigenvalue weighted by Gasteiger charge is -2.33. The van der Waals surface area contributed by atoms with Gasteiger partial charge in [0.25, 0.3) is 0 Å². The first-order valence-electron chi connectivity index (χ1n) is 9.64. The number of likely N-dealkylation sites (tertiary alicyclic amines) is 1. The largest absolute Gasteiger partial charge is 0.396 e. The Kier molecular flexibility index (Phi) is 11.3. The minimum absolute atomic E-state index is 0. The molecule has 2 unspecified atom stereocenters. The summed E-state index contributed by atoms with van der Waals surface area (Å²) in [5.41, 5.74) is 0.0124. The highest BCUT2D eigenvalue weighted by Gasteiger charge is 2.34. The van der Waals surface area contributed by atoms with Crippen molar-refractivity contribution in [2.24, 2.45) is 10.4 Å². The fourth-order valence-corrected chi connectivity index (χ4v) is 3.68. The van der Waals surface area contributed by atoms with E-state index in [9.17, 15) is 5.11 Å². The molecule has 2 heterocycles. The molecule has 2 rings (SSSR count). The van der Waals surface area contributed by atoms with E-state index >= 15 is 0 Å². The lowest BCUT2D eigenvalue weighted by atomic mass is 9.84. The highest BCUT2D eigenvalue weighted by Crippen LogP contribution is 2.32. The summed E-state index contributed by atoms with van der Waals surface area (Å²) in [4.78, 5) is 7.34. The molecule has 0 spiro atoms. The van der Waals surface area contributed by atoms with Gasteiger partial charge in [-0.1, -0.05) is 6.42 Å². The van der Waals surface area contributed by atoms with Crippen molar-refractivity contribution in [2.45, 2.75) is 52.0 Å². The van der Waals surface area contributed by atoms with Crippen molar-refractivity contribution in [3.05, 3.63) is 0 Å². The molecule has 2 aliphatic rings. The topological polar surface area (TPSA) is 69.1 Å². The van der Waals surface area contributed by atoms with Crippen molar-refractivity contribution >= 4 is 29.9 Å². The fourth-order valence-electron chi connectivity index (χ4n) is 3.68. The Balaban J connectivity index is 0.00000312. The molecule has 148 valence electrons. The van der Waals surface area contributed by atoms with Crippen LogP contribution in [0.2, 0.25) is 0 Å². The number of aliphatic imine (C=N–C) groups is 1. The summed E-state index contributed by atoms with van der Waals surface area (Å²) in [5, 5.41) is 16.1. The molecule has 0 aromatic rings. The normalized spacial score (nSPS) is 27.8. The Hall–Kier alpha value is -0.120. The van der Waals surface area contributed by atoms with E-state index in [1.165, 1.54) is 25.8 Å². The Bertz CT molecular complexity index is 389.